The van der Waals surface area contributed by atoms with Crippen molar-refractivity contribution in [2.45, 2.75) is 6.54 Å². The number of aromatic nitrogens is 2. The predicted octanol–water partition coefficient (Wildman–Crippen LogP) is 3.27. The molecule has 0 spiro atoms. The third kappa shape index (κ3) is 2.58. The van der Waals surface area contributed by atoms with Crippen molar-refractivity contribution in [1.29, 1.82) is 0 Å². The Labute approximate surface area is 118 Å². The molecule has 0 saturated heterocycles. The minimum atomic E-state index is 0.417. The summed E-state index contributed by atoms with van der Waals surface area (Å²) < 4.78 is 0. The fraction of sp³-hybridized carbons (Fsp3) is 0.0588. The van der Waals surface area contributed by atoms with E-state index in [0.29, 0.717) is 6.54 Å². The van der Waals surface area contributed by atoms with Gasteiger partial charge in [-0.3, -0.25) is 0 Å². The maximum atomic E-state index is 5.52. The summed E-state index contributed by atoms with van der Waals surface area (Å²) in [5, 5.41) is 8.27. The summed E-state index contributed by atoms with van der Waals surface area (Å²) in [6.07, 6.45) is 0. The number of hydrogen-bond acceptors (Lipinski definition) is 3. The first-order valence-corrected chi connectivity index (χ1v) is 6.55. The summed E-state index contributed by atoms with van der Waals surface area (Å²) in [4.78, 5) is 0. The first-order chi connectivity index (χ1) is 9.86. The van der Waals surface area contributed by atoms with Crippen LogP contribution in [0.15, 0.2) is 66.7 Å². The first kappa shape index (κ1) is 12.5. The van der Waals surface area contributed by atoms with Crippen LogP contribution in [-0.4, -0.2) is 10.2 Å². The normalized spacial score (nSPS) is 10.4. The van der Waals surface area contributed by atoms with Gasteiger partial charge < -0.3 is 5.73 Å². The lowest BCUT2D eigenvalue weighted by molar-refractivity contribution is 0.902. The van der Waals surface area contributed by atoms with Crippen LogP contribution >= 0.6 is 0 Å². The van der Waals surface area contributed by atoms with Gasteiger partial charge in [0, 0.05) is 12.1 Å². The number of hydrogen-bond donors (Lipinski definition) is 1. The van der Waals surface area contributed by atoms with Crippen molar-refractivity contribution in [3.05, 3.63) is 72.4 Å². The highest BCUT2D eigenvalue weighted by Gasteiger charge is 2.02. The molecule has 0 bridgehead atoms. The quantitative estimate of drug-likeness (QED) is 0.787. The van der Waals surface area contributed by atoms with E-state index in [1.54, 1.807) is 0 Å². The standard InChI is InChI=1S/C17H15N3/c18-12-16-10-11-17(20-19-16)15-8-6-14(7-9-15)13-4-2-1-3-5-13/h1-11H,12,18H2. The second-order valence-corrected chi connectivity index (χ2v) is 4.56. The van der Waals surface area contributed by atoms with Gasteiger partial charge in [0.2, 0.25) is 0 Å². The molecule has 0 saturated carbocycles. The molecule has 1 aromatic heterocycles. The highest BCUT2D eigenvalue weighted by atomic mass is 15.1. The molecule has 98 valence electrons. The number of rotatable bonds is 3. The molecule has 0 fully saturated rings. The fourth-order valence-corrected chi connectivity index (χ4v) is 2.09. The SMILES string of the molecule is NCc1ccc(-c2ccc(-c3ccccc3)cc2)nn1. The van der Waals surface area contributed by atoms with Gasteiger partial charge in [-0.25, -0.2) is 0 Å². The number of nitrogens with zero attached hydrogens (tertiary/aromatic N) is 2. The highest BCUT2D eigenvalue weighted by Crippen LogP contribution is 2.23. The lowest BCUT2D eigenvalue weighted by Crippen LogP contribution is -2.01. The van der Waals surface area contributed by atoms with Crippen molar-refractivity contribution in [3.8, 4) is 22.4 Å². The molecule has 1 heterocycles. The largest absolute Gasteiger partial charge is 0.325 e. The van der Waals surface area contributed by atoms with Gasteiger partial charge in [0.1, 0.15) is 0 Å². The third-order valence-electron chi connectivity index (χ3n) is 3.22. The molecule has 3 nitrogen and oxygen atoms in total. The van der Waals surface area contributed by atoms with Crippen LogP contribution in [0.4, 0.5) is 0 Å². The lowest BCUT2D eigenvalue weighted by Gasteiger charge is -2.04. The van der Waals surface area contributed by atoms with Crippen molar-refractivity contribution < 1.29 is 0 Å². The van der Waals surface area contributed by atoms with Gasteiger partial charge in [-0.1, -0.05) is 54.6 Å². The topological polar surface area (TPSA) is 51.8 Å². The van der Waals surface area contributed by atoms with E-state index in [0.717, 1.165) is 17.0 Å². The van der Waals surface area contributed by atoms with E-state index in [1.165, 1.54) is 11.1 Å². The molecule has 0 aliphatic carbocycles. The molecule has 0 radical (unpaired) electrons. The average molecular weight is 261 g/mol. The average Bonchev–Trinajstić information content (AvgIpc) is 2.56. The molecule has 3 heteroatoms. The minimum absolute atomic E-state index is 0.417. The van der Waals surface area contributed by atoms with Crippen LogP contribution < -0.4 is 5.73 Å². The van der Waals surface area contributed by atoms with E-state index >= 15 is 0 Å². The number of nitrogens with two attached hydrogens (primary N) is 1. The summed E-state index contributed by atoms with van der Waals surface area (Å²) in [7, 11) is 0. The monoisotopic (exact) mass is 261 g/mol. The van der Waals surface area contributed by atoms with Gasteiger partial charge >= 0.3 is 0 Å². The van der Waals surface area contributed by atoms with E-state index in [9.17, 15) is 0 Å². The maximum Gasteiger partial charge on any atom is 0.0929 e. The van der Waals surface area contributed by atoms with Crippen molar-refractivity contribution in [3.63, 3.8) is 0 Å². The molecule has 20 heavy (non-hydrogen) atoms. The highest BCUT2D eigenvalue weighted by molar-refractivity contribution is 5.68. The summed E-state index contributed by atoms with van der Waals surface area (Å²) in [5.74, 6) is 0. The molecular weight excluding hydrogens is 246 g/mol. The van der Waals surface area contributed by atoms with Crippen molar-refractivity contribution >= 4 is 0 Å². The van der Waals surface area contributed by atoms with Crippen LogP contribution in [-0.2, 0) is 6.54 Å². The van der Waals surface area contributed by atoms with E-state index in [-0.39, 0.29) is 0 Å². The van der Waals surface area contributed by atoms with Gasteiger partial charge in [-0.15, -0.1) is 0 Å². The second-order valence-electron chi connectivity index (χ2n) is 4.56. The first-order valence-electron chi connectivity index (χ1n) is 6.55. The maximum absolute atomic E-state index is 5.52. The fourth-order valence-electron chi connectivity index (χ4n) is 2.09. The summed E-state index contributed by atoms with van der Waals surface area (Å²) in [6, 6.07) is 22.5. The van der Waals surface area contributed by atoms with E-state index in [1.807, 2.05) is 30.3 Å². The zero-order valence-electron chi connectivity index (χ0n) is 11.0. The Hall–Kier alpha value is -2.52. The van der Waals surface area contributed by atoms with Crippen LogP contribution in [0.2, 0.25) is 0 Å². The Morgan fingerprint density at radius 2 is 1.30 bits per heavy atom. The van der Waals surface area contributed by atoms with E-state index < -0.39 is 0 Å². The third-order valence-corrected chi connectivity index (χ3v) is 3.22. The predicted molar refractivity (Wildman–Crippen MR) is 80.8 cm³/mol. The molecule has 2 aromatic carbocycles. The van der Waals surface area contributed by atoms with Crippen molar-refractivity contribution in [1.82, 2.24) is 10.2 Å². The second kappa shape index (κ2) is 5.63. The zero-order chi connectivity index (χ0) is 13.8. The molecule has 0 aliphatic heterocycles. The Bertz CT molecular complexity index is 674. The Kier molecular flexibility index (Phi) is 3.52. The lowest BCUT2D eigenvalue weighted by atomic mass is 10.0. The van der Waals surface area contributed by atoms with E-state index in [4.69, 9.17) is 5.73 Å². The van der Waals surface area contributed by atoms with Crippen LogP contribution in [0.1, 0.15) is 5.69 Å². The minimum Gasteiger partial charge on any atom is -0.325 e. The summed E-state index contributed by atoms with van der Waals surface area (Å²) in [5.41, 5.74) is 10.6. The molecule has 0 atom stereocenters. The van der Waals surface area contributed by atoms with Crippen LogP contribution in [0.5, 0.6) is 0 Å². The molecule has 3 rings (SSSR count). The molecular formula is C17H15N3. The van der Waals surface area contributed by atoms with E-state index in [2.05, 4.69) is 46.6 Å². The summed E-state index contributed by atoms with van der Waals surface area (Å²) >= 11 is 0. The number of benzene rings is 2. The molecule has 0 amide bonds. The Morgan fingerprint density at radius 1 is 0.650 bits per heavy atom. The van der Waals surface area contributed by atoms with Gasteiger partial charge in [0.15, 0.2) is 0 Å². The van der Waals surface area contributed by atoms with Crippen LogP contribution in [0.3, 0.4) is 0 Å². The Balaban J connectivity index is 1.89. The van der Waals surface area contributed by atoms with Gasteiger partial charge in [0.05, 0.1) is 11.4 Å². The van der Waals surface area contributed by atoms with Crippen LogP contribution in [0, 0.1) is 0 Å². The molecule has 3 aromatic rings. The van der Waals surface area contributed by atoms with Crippen molar-refractivity contribution in [2.75, 3.05) is 0 Å². The van der Waals surface area contributed by atoms with Crippen LogP contribution in [0.25, 0.3) is 22.4 Å². The smallest absolute Gasteiger partial charge is 0.0929 e. The van der Waals surface area contributed by atoms with Gasteiger partial charge in [-0.2, -0.15) is 10.2 Å². The molecule has 2 N–H and O–H groups in total. The van der Waals surface area contributed by atoms with Gasteiger partial charge in [-0.05, 0) is 23.3 Å². The Morgan fingerprint density at radius 3 is 1.90 bits per heavy atom. The summed E-state index contributed by atoms with van der Waals surface area (Å²) in [6.45, 7) is 0.417. The van der Waals surface area contributed by atoms with Crippen molar-refractivity contribution in [2.24, 2.45) is 5.73 Å². The van der Waals surface area contributed by atoms with Gasteiger partial charge in [0.25, 0.3) is 0 Å². The zero-order valence-corrected chi connectivity index (χ0v) is 11.0. The molecule has 0 unspecified atom stereocenters. The molecule has 0 aliphatic rings.